The van der Waals surface area contributed by atoms with Gasteiger partial charge in [-0.1, -0.05) is 0 Å². The van der Waals surface area contributed by atoms with Gasteiger partial charge in [-0.15, -0.1) is 0 Å². The lowest BCUT2D eigenvalue weighted by Gasteiger charge is -2.00. The van der Waals surface area contributed by atoms with E-state index in [4.69, 9.17) is 12.2 Å². The Hall–Kier alpha value is -1.43. The molecule has 0 atom stereocenters. The number of aryl methyl sites for hydroxylation is 1. The standard InChI is InChI=1S/C9H11N5S/c1-13-5-4-7(12-13)8-10-11-9(15)14(8)6-2-3-6/h4-6H,2-3H2,1H3,(H,11,15). The van der Waals surface area contributed by atoms with Crippen LogP contribution < -0.4 is 0 Å². The van der Waals surface area contributed by atoms with Gasteiger partial charge in [0, 0.05) is 19.3 Å². The molecule has 0 spiro atoms. The van der Waals surface area contributed by atoms with Gasteiger partial charge in [0.25, 0.3) is 0 Å². The largest absolute Gasteiger partial charge is 0.296 e. The number of nitrogens with one attached hydrogen (secondary N) is 1. The zero-order chi connectivity index (χ0) is 10.4. The lowest BCUT2D eigenvalue weighted by molar-refractivity contribution is 0.723. The zero-order valence-electron chi connectivity index (χ0n) is 8.34. The van der Waals surface area contributed by atoms with Crippen molar-refractivity contribution in [3.05, 3.63) is 17.0 Å². The van der Waals surface area contributed by atoms with Crippen LogP contribution in [0.5, 0.6) is 0 Å². The molecule has 1 aliphatic rings. The Morgan fingerprint density at radius 1 is 1.53 bits per heavy atom. The van der Waals surface area contributed by atoms with E-state index in [0.717, 1.165) is 11.5 Å². The fourth-order valence-corrected chi connectivity index (χ4v) is 1.97. The molecule has 2 heterocycles. The van der Waals surface area contributed by atoms with Gasteiger partial charge in [-0.05, 0) is 31.1 Å². The van der Waals surface area contributed by atoms with E-state index in [1.165, 1.54) is 12.8 Å². The minimum absolute atomic E-state index is 0.522. The molecular weight excluding hydrogens is 210 g/mol. The summed E-state index contributed by atoms with van der Waals surface area (Å²) < 4.78 is 4.53. The summed E-state index contributed by atoms with van der Waals surface area (Å²) in [7, 11) is 1.90. The number of hydrogen-bond donors (Lipinski definition) is 1. The Morgan fingerprint density at radius 3 is 2.93 bits per heavy atom. The van der Waals surface area contributed by atoms with Crippen LogP contribution >= 0.6 is 12.2 Å². The van der Waals surface area contributed by atoms with Crippen molar-refractivity contribution in [1.29, 1.82) is 0 Å². The van der Waals surface area contributed by atoms with E-state index >= 15 is 0 Å². The first-order chi connectivity index (χ1) is 7.25. The van der Waals surface area contributed by atoms with Gasteiger partial charge in [-0.25, -0.2) is 0 Å². The Bertz CT molecular complexity index is 545. The van der Waals surface area contributed by atoms with Crippen LogP contribution in [0, 0.1) is 4.77 Å². The van der Waals surface area contributed by atoms with Crippen molar-refractivity contribution in [2.24, 2.45) is 7.05 Å². The van der Waals surface area contributed by atoms with Gasteiger partial charge in [0.1, 0.15) is 5.69 Å². The highest BCUT2D eigenvalue weighted by atomic mass is 32.1. The van der Waals surface area contributed by atoms with Crippen molar-refractivity contribution >= 4 is 12.2 Å². The van der Waals surface area contributed by atoms with Crippen molar-refractivity contribution in [2.45, 2.75) is 18.9 Å². The van der Waals surface area contributed by atoms with Crippen molar-refractivity contribution < 1.29 is 0 Å². The van der Waals surface area contributed by atoms with Crippen LogP contribution in [0.25, 0.3) is 11.5 Å². The van der Waals surface area contributed by atoms with Gasteiger partial charge in [0.15, 0.2) is 10.6 Å². The fourth-order valence-electron chi connectivity index (χ4n) is 1.69. The lowest BCUT2D eigenvalue weighted by Crippen LogP contribution is -1.98. The van der Waals surface area contributed by atoms with Crippen LogP contribution in [-0.4, -0.2) is 24.5 Å². The summed E-state index contributed by atoms with van der Waals surface area (Å²) in [6.07, 6.45) is 4.28. The van der Waals surface area contributed by atoms with Crippen molar-refractivity contribution in [3.8, 4) is 11.5 Å². The lowest BCUT2D eigenvalue weighted by atomic mass is 10.4. The summed E-state index contributed by atoms with van der Waals surface area (Å²) in [5, 5.41) is 11.4. The van der Waals surface area contributed by atoms with E-state index in [-0.39, 0.29) is 0 Å². The molecule has 0 aliphatic heterocycles. The highest BCUT2D eigenvalue weighted by Gasteiger charge is 2.28. The summed E-state index contributed by atoms with van der Waals surface area (Å²) in [5.74, 6) is 0.850. The van der Waals surface area contributed by atoms with Crippen molar-refractivity contribution in [1.82, 2.24) is 24.5 Å². The molecular formula is C9H11N5S. The molecule has 2 aromatic heterocycles. The molecule has 0 unspecified atom stereocenters. The average Bonchev–Trinajstić information content (AvgIpc) is 2.84. The number of rotatable bonds is 2. The Morgan fingerprint density at radius 2 is 2.33 bits per heavy atom. The second kappa shape index (κ2) is 3.03. The molecule has 3 rings (SSSR count). The maximum atomic E-state index is 5.21. The molecule has 0 amide bonds. The van der Waals surface area contributed by atoms with Crippen LogP contribution in [0.15, 0.2) is 12.3 Å². The highest BCUT2D eigenvalue weighted by Crippen LogP contribution is 2.37. The molecule has 1 N–H and O–H groups in total. The minimum atomic E-state index is 0.522. The normalized spacial score (nSPS) is 15.8. The Labute approximate surface area is 91.7 Å². The summed E-state index contributed by atoms with van der Waals surface area (Å²) in [6.45, 7) is 0. The smallest absolute Gasteiger partial charge is 0.195 e. The van der Waals surface area contributed by atoms with Gasteiger partial charge in [-0.2, -0.15) is 10.2 Å². The second-order valence-corrected chi connectivity index (χ2v) is 4.21. The predicted octanol–water partition coefficient (Wildman–Crippen LogP) is 1.68. The summed E-state index contributed by atoms with van der Waals surface area (Å²) in [4.78, 5) is 0. The number of hydrogen-bond acceptors (Lipinski definition) is 3. The third-order valence-corrected chi connectivity index (χ3v) is 2.85. The molecule has 0 saturated heterocycles. The maximum Gasteiger partial charge on any atom is 0.195 e. The Kier molecular flexibility index (Phi) is 1.79. The van der Waals surface area contributed by atoms with E-state index in [2.05, 4.69) is 19.9 Å². The third kappa shape index (κ3) is 1.41. The second-order valence-electron chi connectivity index (χ2n) is 3.83. The molecule has 0 bridgehead atoms. The molecule has 1 aliphatic carbocycles. The monoisotopic (exact) mass is 221 g/mol. The van der Waals surface area contributed by atoms with Crippen LogP contribution in [0.2, 0.25) is 0 Å². The van der Waals surface area contributed by atoms with Crippen LogP contribution in [0.4, 0.5) is 0 Å². The average molecular weight is 221 g/mol. The molecule has 2 aromatic rings. The third-order valence-electron chi connectivity index (χ3n) is 2.56. The van der Waals surface area contributed by atoms with Gasteiger partial charge in [-0.3, -0.25) is 14.3 Å². The van der Waals surface area contributed by atoms with Gasteiger partial charge >= 0.3 is 0 Å². The Balaban J connectivity index is 2.15. The van der Waals surface area contributed by atoms with Crippen LogP contribution in [-0.2, 0) is 7.05 Å². The zero-order valence-corrected chi connectivity index (χ0v) is 9.16. The summed E-state index contributed by atoms with van der Waals surface area (Å²) in [5.41, 5.74) is 0.872. The fraction of sp³-hybridized carbons (Fsp3) is 0.444. The van der Waals surface area contributed by atoms with Crippen molar-refractivity contribution in [2.75, 3.05) is 0 Å². The molecule has 78 valence electrons. The number of aromatic amines is 1. The summed E-state index contributed by atoms with van der Waals surface area (Å²) >= 11 is 5.21. The van der Waals surface area contributed by atoms with Gasteiger partial charge in [0.2, 0.25) is 0 Å². The molecule has 1 fully saturated rings. The quantitative estimate of drug-likeness (QED) is 0.785. The molecule has 15 heavy (non-hydrogen) atoms. The topological polar surface area (TPSA) is 51.4 Å². The first kappa shape index (κ1) is 8.84. The van der Waals surface area contributed by atoms with Crippen LogP contribution in [0.1, 0.15) is 18.9 Å². The highest BCUT2D eigenvalue weighted by molar-refractivity contribution is 7.71. The van der Waals surface area contributed by atoms with Crippen molar-refractivity contribution in [3.63, 3.8) is 0 Å². The first-order valence-corrected chi connectivity index (χ1v) is 5.33. The van der Waals surface area contributed by atoms with Crippen LogP contribution in [0.3, 0.4) is 0 Å². The summed E-state index contributed by atoms with van der Waals surface area (Å²) in [6, 6.07) is 2.47. The number of nitrogens with zero attached hydrogens (tertiary/aromatic N) is 4. The maximum absolute atomic E-state index is 5.21. The predicted molar refractivity (Wildman–Crippen MR) is 57.9 cm³/mol. The molecule has 0 aromatic carbocycles. The molecule has 1 saturated carbocycles. The molecule has 6 heteroatoms. The molecule has 0 radical (unpaired) electrons. The van der Waals surface area contributed by atoms with Gasteiger partial charge in [0.05, 0.1) is 0 Å². The first-order valence-electron chi connectivity index (χ1n) is 4.92. The number of H-pyrrole nitrogens is 1. The van der Waals surface area contributed by atoms with E-state index < -0.39 is 0 Å². The van der Waals surface area contributed by atoms with E-state index in [1.807, 2.05) is 19.3 Å². The van der Waals surface area contributed by atoms with E-state index in [9.17, 15) is 0 Å². The van der Waals surface area contributed by atoms with E-state index in [0.29, 0.717) is 10.8 Å². The minimum Gasteiger partial charge on any atom is -0.296 e. The molecule has 5 nitrogen and oxygen atoms in total. The number of aromatic nitrogens is 5. The van der Waals surface area contributed by atoms with Gasteiger partial charge < -0.3 is 0 Å². The van der Waals surface area contributed by atoms with E-state index in [1.54, 1.807) is 4.68 Å². The SMILES string of the molecule is Cn1ccc(-c2n[nH]c(=S)n2C2CC2)n1.